The summed E-state index contributed by atoms with van der Waals surface area (Å²) in [5, 5.41) is 0. The first-order valence-corrected chi connectivity index (χ1v) is 5.70. The third kappa shape index (κ3) is 0.916. The van der Waals surface area contributed by atoms with E-state index in [0.717, 1.165) is 18.7 Å². The fourth-order valence-corrected chi connectivity index (χ4v) is 3.43. The molecule has 4 rings (SSSR count). The SMILES string of the molecule is Nc1ccc2c3c1[C@H]1O[C@H]1C[C@@H]3CN2S. The van der Waals surface area contributed by atoms with E-state index in [9.17, 15) is 0 Å². The fraction of sp³-hybridized carbons (Fsp3) is 0.455. The maximum Gasteiger partial charge on any atom is 0.112 e. The molecule has 2 heterocycles. The summed E-state index contributed by atoms with van der Waals surface area (Å²) in [5.74, 6) is 0.569. The number of fused-ring (bicyclic) bond motifs is 2. The summed E-state index contributed by atoms with van der Waals surface area (Å²) in [6.45, 7) is 0.988. The highest BCUT2D eigenvalue weighted by Crippen LogP contribution is 2.58. The smallest absolute Gasteiger partial charge is 0.112 e. The van der Waals surface area contributed by atoms with Crippen molar-refractivity contribution in [3.8, 4) is 0 Å². The van der Waals surface area contributed by atoms with Crippen molar-refractivity contribution < 1.29 is 4.74 Å². The summed E-state index contributed by atoms with van der Waals surface area (Å²) in [6, 6.07) is 4.05. The zero-order chi connectivity index (χ0) is 10.2. The first-order valence-electron chi connectivity index (χ1n) is 5.30. The van der Waals surface area contributed by atoms with Crippen molar-refractivity contribution in [3.05, 3.63) is 23.3 Å². The molecule has 3 nitrogen and oxygen atoms in total. The third-order valence-electron chi connectivity index (χ3n) is 3.76. The summed E-state index contributed by atoms with van der Waals surface area (Å²) in [7, 11) is 0. The van der Waals surface area contributed by atoms with Crippen LogP contribution in [-0.2, 0) is 4.74 Å². The van der Waals surface area contributed by atoms with Crippen molar-refractivity contribution in [3.63, 3.8) is 0 Å². The molecule has 0 saturated carbocycles. The van der Waals surface area contributed by atoms with Gasteiger partial charge in [0.15, 0.2) is 0 Å². The van der Waals surface area contributed by atoms with Crippen LogP contribution in [0.1, 0.15) is 29.6 Å². The predicted molar refractivity (Wildman–Crippen MR) is 62.2 cm³/mol. The van der Waals surface area contributed by atoms with Crippen molar-refractivity contribution in [1.29, 1.82) is 0 Å². The maximum atomic E-state index is 6.04. The average Bonchev–Trinajstić information content (AvgIpc) is 2.89. The Morgan fingerprint density at radius 3 is 3.13 bits per heavy atom. The zero-order valence-electron chi connectivity index (χ0n) is 8.18. The van der Waals surface area contributed by atoms with Gasteiger partial charge in [-0.15, -0.1) is 0 Å². The van der Waals surface area contributed by atoms with Crippen LogP contribution < -0.4 is 10.0 Å². The zero-order valence-corrected chi connectivity index (χ0v) is 9.08. The number of anilines is 2. The Morgan fingerprint density at radius 2 is 2.27 bits per heavy atom. The molecule has 15 heavy (non-hydrogen) atoms. The van der Waals surface area contributed by atoms with Gasteiger partial charge in [-0.3, -0.25) is 0 Å². The van der Waals surface area contributed by atoms with Crippen molar-refractivity contribution in [1.82, 2.24) is 0 Å². The van der Waals surface area contributed by atoms with E-state index in [2.05, 4.69) is 18.9 Å². The van der Waals surface area contributed by atoms with Crippen LogP contribution in [0.25, 0.3) is 0 Å². The van der Waals surface area contributed by atoms with Crippen LogP contribution in [0.4, 0.5) is 11.4 Å². The molecule has 0 bridgehead atoms. The highest BCUT2D eigenvalue weighted by atomic mass is 32.1. The van der Waals surface area contributed by atoms with Crippen LogP contribution in [0.2, 0.25) is 0 Å². The van der Waals surface area contributed by atoms with Gasteiger partial charge in [0.2, 0.25) is 0 Å². The molecule has 2 aliphatic heterocycles. The number of nitrogen functional groups attached to an aromatic ring is 1. The van der Waals surface area contributed by atoms with Gasteiger partial charge in [-0.2, -0.15) is 0 Å². The lowest BCUT2D eigenvalue weighted by molar-refractivity contribution is 0.366. The minimum Gasteiger partial charge on any atom is -0.398 e. The van der Waals surface area contributed by atoms with Gasteiger partial charge in [-0.25, -0.2) is 0 Å². The number of epoxide rings is 1. The molecular weight excluding hydrogens is 208 g/mol. The lowest BCUT2D eigenvalue weighted by atomic mass is 9.83. The van der Waals surface area contributed by atoms with E-state index in [0.29, 0.717) is 12.0 Å². The summed E-state index contributed by atoms with van der Waals surface area (Å²) >= 11 is 4.49. The topological polar surface area (TPSA) is 41.8 Å². The lowest BCUT2D eigenvalue weighted by Gasteiger charge is -2.18. The molecule has 0 aromatic heterocycles. The lowest BCUT2D eigenvalue weighted by Crippen LogP contribution is -2.14. The number of hydrogen-bond acceptors (Lipinski definition) is 4. The second-order valence-electron chi connectivity index (χ2n) is 4.61. The Hall–Kier alpha value is -0.870. The normalized spacial score (nSPS) is 35.0. The number of nitrogens with two attached hydrogens (primary N) is 1. The van der Waals surface area contributed by atoms with Gasteiger partial charge in [0.25, 0.3) is 0 Å². The van der Waals surface area contributed by atoms with Gasteiger partial charge in [-0.05, 0) is 24.1 Å². The quantitative estimate of drug-likeness (QED) is 0.398. The molecule has 4 heteroatoms. The summed E-state index contributed by atoms with van der Waals surface area (Å²) < 4.78 is 7.69. The fourth-order valence-electron chi connectivity index (χ4n) is 3.06. The van der Waals surface area contributed by atoms with Crippen molar-refractivity contribution in [2.24, 2.45) is 0 Å². The molecule has 1 fully saturated rings. The van der Waals surface area contributed by atoms with Gasteiger partial charge in [-0.1, -0.05) is 12.8 Å². The molecule has 1 aromatic rings. The van der Waals surface area contributed by atoms with Crippen LogP contribution in [0.15, 0.2) is 12.1 Å². The predicted octanol–water partition coefficient (Wildman–Crippen LogP) is 1.86. The molecule has 1 aromatic carbocycles. The van der Waals surface area contributed by atoms with E-state index >= 15 is 0 Å². The van der Waals surface area contributed by atoms with Crippen LogP contribution in [-0.4, -0.2) is 12.6 Å². The summed E-state index contributed by atoms with van der Waals surface area (Å²) in [4.78, 5) is 0. The third-order valence-corrected chi connectivity index (χ3v) is 4.14. The van der Waals surface area contributed by atoms with E-state index in [1.807, 2.05) is 10.4 Å². The van der Waals surface area contributed by atoms with Crippen molar-refractivity contribution in [2.45, 2.75) is 24.5 Å². The molecule has 1 saturated heterocycles. The van der Waals surface area contributed by atoms with Gasteiger partial charge >= 0.3 is 0 Å². The van der Waals surface area contributed by atoms with E-state index in [1.165, 1.54) is 16.8 Å². The van der Waals surface area contributed by atoms with Gasteiger partial charge in [0, 0.05) is 23.7 Å². The van der Waals surface area contributed by atoms with Crippen LogP contribution in [0.3, 0.4) is 0 Å². The Labute approximate surface area is 93.7 Å². The second-order valence-corrected chi connectivity index (χ2v) is 5.09. The minimum absolute atomic E-state index is 0.274. The standard InChI is InChI=1S/C11H12N2OS/c12-6-1-2-7-9-5(4-13(7)15)3-8-11(14-8)10(6)9/h1-2,5,8,11,15H,3-4,12H2/t5-,8+,11+/m1/s1. The highest BCUT2D eigenvalue weighted by Gasteiger charge is 2.51. The monoisotopic (exact) mass is 220 g/mol. The highest BCUT2D eigenvalue weighted by molar-refractivity contribution is 7.81. The van der Waals surface area contributed by atoms with E-state index in [1.54, 1.807) is 0 Å². The van der Waals surface area contributed by atoms with E-state index in [4.69, 9.17) is 10.5 Å². The first kappa shape index (κ1) is 8.30. The molecule has 0 radical (unpaired) electrons. The number of hydrogen-bond donors (Lipinski definition) is 2. The maximum absolute atomic E-state index is 6.04. The Balaban J connectivity index is 2.02. The molecule has 0 amide bonds. The van der Waals surface area contributed by atoms with E-state index in [-0.39, 0.29) is 6.10 Å². The molecule has 2 N–H and O–H groups in total. The van der Waals surface area contributed by atoms with Crippen molar-refractivity contribution in [2.75, 3.05) is 16.6 Å². The Bertz CT molecular complexity index is 462. The minimum atomic E-state index is 0.274. The van der Waals surface area contributed by atoms with Gasteiger partial charge in [0.1, 0.15) is 6.10 Å². The molecule has 3 aliphatic rings. The number of nitrogens with zero attached hydrogens (tertiary/aromatic N) is 1. The summed E-state index contributed by atoms with van der Waals surface area (Å²) in [6.07, 6.45) is 1.82. The van der Waals surface area contributed by atoms with Gasteiger partial charge in [0.05, 0.1) is 11.8 Å². The molecular formula is C11H12N2OS. The average molecular weight is 220 g/mol. The Kier molecular flexibility index (Phi) is 1.35. The number of rotatable bonds is 0. The number of ether oxygens (including phenoxy) is 1. The summed E-state index contributed by atoms with van der Waals surface area (Å²) in [5.41, 5.74) is 10.8. The van der Waals surface area contributed by atoms with Crippen LogP contribution in [0.5, 0.6) is 0 Å². The van der Waals surface area contributed by atoms with Crippen LogP contribution >= 0.6 is 12.8 Å². The molecule has 0 unspecified atom stereocenters. The van der Waals surface area contributed by atoms with Gasteiger partial charge < -0.3 is 14.8 Å². The first-order chi connectivity index (χ1) is 7.25. The van der Waals surface area contributed by atoms with Crippen molar-refractivity contribution >= 4 is 24.2 Å². The van der Waals surface area contributed by atoms with E-state index < -0.39 is 0 Å². The number of thiol groups is 1. The molecule has 0 spiro atoms. The molecule has 78 valence electrons. The molecule has 1 aliphatic carbocycles. The second kappa shape index (κ2) is 2.44. The van der Waals surface area contributed by atoms with Crippen LogP contribution in [0, 0.1) is 0 Å². The Morgan fingerprint density at radius 1 is 1.40 bits per heavy atom. The number of benzene rings is 1. The largest absolute Gasteiger partial charge is 0.398 e. The molecule has 3 atom stereocenters.